The molecule has 0 amide bonds. The van der Waals surface area contributed by atoms with E-state index in [0.717, 1.165) is 29.1 Å². The Kier molecular flexibility index (Phi) is 2.68. The Morgan fingerprint density at radius 2 is 2.20 bits per heavy atom. The number of hydrogen-bond acceptors (Lipinski definition) is 4. The number of nitrogens with zero attached hydrogens (tertiary/aromatic N) is 2. The number of rotatable bonds is 2. The van der Waals surface area contributed by atoms with Crippen LogP contribution in [-0.2, 0) is 6.42 Å². The number of anilines is 1. The molecule has 0 radical (unpaired) electrons. The fourth-order valence-corrected chi connectivity index (χ4v) is 2.21. The van der Waals surface area contributed by atoms with E-state index < -0.39 is 0 Å². The van der Waals surface area contributed by atoms with Gasteiger partial charge in [-0.3, -0.25) is 0 Å². The van der Waals surface area contributed by atoms with Crippen molar-refractivity contribution in [3.63, 3.8) is 0 Å². The van der Waals surface area contributed by atoms with Crippen molar-refractivity contribution in [1.29, 1.82) is 0 Å². The minimum Gasteiger partial charge on any atom is -0.383 e. The van der Waals surface area contributed by atoms with E-state index in [2.05, 4.69) is 16.9 Å². The van der Waals surface area contributed by atoms with Gasteiger partial charge in [0.15, 0.2) is 5.82 Å². The van der Waals surface area contributed by atoms with Crippen LogP contribution in [0.25, 0.3) is 11.4 Å². The summed E-state index contributed by atoms with van der Waals surface area (Å²) in [5.74, 6) is 1.33. The van der Waals surface area contributed by atoms with Gasteiger partial charge in [0.2, 0.25) is 0 Å². The summed E-state index contributed by atoms with van der Waals surface area (Å²) in [6.45, 7) is 4.04. The molecule has 78 valence electrons. The van der Waals surface area contributed by atoms with E-state index in [4.69, 9.17) is 5.73 Å². The number of hydrogen-bond donors (Lipinski definition) is 1. The van der Waals surface area contributed by atoms with Crippen molar-refractivity contribution in [2.45, 2.75) is 20.3 Å². The Bertz CT molecular complexity index is 440. The molecule has 0 saturated heterocycles. The first-order valence-electron chi connectivity index (χ1n) is 4.88. The molecule has 0 spiro atoms. The zero-order valence-electron chi connectivity index (χ0n) is 8.82. The Hall–Kier alpha value is -1.42. The van der Waals surface area contributed by atoms with Crippen LogP contribution in [0.2, 0.25) is 0 Å². The summed E-state index contributed by atoms with van der Waals surface area (Å²) in [5, 5.41) is 4.04. The Morgan fingerprint density at radius 3 is 2.73 bits per heavy atom. The first-order chi connectivity index (χ1) is 7.22. The average molecular weight is 219 g/mol. The van der Waals surface area contributed by atoms with E-state index in [0.29, 0.717) is 5.82 Å². The van der Waals surface area contributed by atoms with Gasteiger partial charge >= 0.3 is 0 Å². The molecule has 2 aromatic heterocycles. The summed E-state index contributed by atoms with van der Waals surface area (Å²) >= 11 is 1.64. The number of aryl methyl sites for hydroxylation is 1. The minimum atomic E-state index is 0.603. The first-order valence-corrected chi connectivity index (χ1v) is 5.82. The van der Waals surface area contributed by atoms with E-state index in [-0.39, 0.29) is 0 Å². The number of thiophene rings is 1. The van der Waals surface area contributed by atoms with Gasteiger partial charge in [-0.15, -0.1) is 0 Å². The molecule has 3 nitrogen and oxygen atoms in total. The lowest BCUT2D eigenvalue weighted by Gasteiger charge is -2.07. The van der Waals surface area contributed by atoms with Crippen molar-refractivity contribution in [3.8, 4) is 11.4 Å². The van der Waals surface area contributed by atoms with Crippen molar-refractivity contribution in [2.75, 3.05) is 5.73 Å². The molecule has 2 rings (SSSR count). The van der Waals surface area contributed by atoms with Crippen molar-refractivity contribution < 1.29 is 0 Å². The van der Waals surface area contributed by atoms with E-state index in [1.165, 1.54) is 0 Å². The fraction of sp³-hybridized carbons (Fsp3) is 0.273. The molecule has 0 aliphatic rings. The number of nitrogen functional groups attached to an aromatic ring is 1. The summed E-state index contributed by atoms with van der Waals surface area (Å²) in [6.07, 6.45) is 0.877. The smallest absolute Gasteiger partial charge is 0.162 e. The second kappa shape index (κ2) is 3.98. The lowest BCUT2D eigenvalue weighted by atomic mass is 10.1. The zero-order valence-corrected chi connectivity index (χ0v) is 9.64. The molecule has 0 unspecified atom stereocenters. The summed E-state index contributed by atoms with van der Waals surface area (Å²) in [7, 11) is 0. The maximum Gasteiger partial charge on any atom is 0.162 e. The van der Waals surface area contributed by atoms with Gasteiger partial charge in [0.1, 0.15) is 5.82 Å². The quantitative estimate of drug-likeness (QED) is 0.844. The van der Waals surface area contributed by atoms with Gasteiger partial charge in [-0.1, -0.05) is 6.92 Å². The molecule has 0 aromatic carbocycles. The van der Waals surface area contributed by atoms with Crippen LogP contribution in [-0.4, -0.2) is 9.97 Å². The van der Waals surface area contributed by atoms with Crippen LogP contribution in [0.15, 0.2) is 16.8 Å². The van der Waals surface area contributed by atoms with Crippen LogP contribution >= 0.6 is 11.3 Å². The van der Waals surface area contributed by atoms with Crippen molar-refractivity contribution in [3.05, 3.63) is 28.1 Å². The lowest BCUT2D eigenvalue weighted by Crippen LogP contribution is -2.04. The normalized spacial score (nSPS) is 10.5. The van der Waals surface area contributed by atoms with Crippen molar-refractivity contribution in [2.24, 2.45) is 0 Å². The third-order valence-corrected chi connectivity index (χ3v) is 3.06. The van der Waals surface area contributed by atoms with Gasteiger partial charge in [0.05, 0.1) is 0 Å². The second-order valence-electron chi connectivity index (χ2n) is 3.36. The van der Waals surface area contributed by atoms with Crippen molar-refractivity contribution >= 4 is 17.2 Å². The highest BCUT2D eigenvalue weighted by Gasteiger charge is 2.08. The van der Waals surface area contributed by atoms with E-state index in [9.17, 15) is 0 Å². The number of nitrogens with two attached hydrogens (primary N) is 1. The van der Waals surface area contributed by atoms with Crippen LogP contribution < -0.4 is 5.73 Å². The third-order valence-electron chi connectivity index (χ3n) is 2.38. The second-order valence-corrected chi connectivity index (χ2v) is 4.14. The molecule has 4 heteroatoms. The minimum absolute atomic E-state index is 0.603. The molecule has 0 aliphatic heterocycles. The molecule has 2 N–H and O–H groups in total. The molecular weight excluding hydrogens is 206 g/mol. The molecule has 2 aromatic rings. The van der Waals surface area contributed by atoms with Crippen LogP contribution in [0.4, 0.5) is 5.82 Å². The van der Waals surface area contributed by atoms with E-state index in [1.54, 1.807) is 11.3 Å². The van der Waals surface area contributed by atoms with Gasteiger partial charge in [0.25, 0.3) is 0 Å². The molecule has 15 heavy (non-hydrogen) atoms. The first kappa shape index (κ1) is 10.1. The van der Waals surface area contributed by atoms with Gasteiger partial charge in [-0.05, 0) is 24.8 Å². The fourth-order valence-electron chi connectivity index (χ4n) is 1.58. The highest BCUT2D eigenvalue weighted by Crippen LogP contribution is 2.22. The zero-order chi connectivity index (χ0) is 10.8. The van der Waals surface area contributed by atoms with Gasteiger partial charge in [-0.2, -0.15) is 11.3 Å². The summed E-state index contributed by atoms with van der Waals surface area (Å²) in [5.41, 5.74) is 8.96. The van der Waals surface area contributed by atoms with E-state index in [1.807, 2.05) is 23.8 Å². The molecule has 0 bridgehead atoms. The number of aromatic nitrogens is 2. The maximum absolute atomic E-state index is 5.89. The summed E-state index contributed by atoms with van der Waals surface area (Å²) in [6, 6.07) is 2.00. The predicted molar refractivity (Wildman–Crippen MR) is 63.9 cm³/mol. The van der Waals surface area contributed by atoms with Crippen molar-refractivity contribution in [1.82, 2.24) is 9.97 Å². The average Bonchev–Trinajstić information content (AvgIpc) is 2.69. The Morgan fingerprint density at radius 1 is 1.40 bits per heavy atom. The topological polar surface area (TPSA) is 51.8 Å². The SMILES string of the molecule is CCc1c(C)nc(-c2ccsc2)nc1N. The maximum atomic E-state index is 5.89. The summed E-state index contributed by atoms with van der Waals surface area (Å²) in [4.78, 5) is 8.78. The Labute approximate surface area is 93.0 Å². The third kappa shape index (κ3) is 1.85. The van der Waals surface area contributed by atoms with E-state index >= 15 is 0 Å². The molecule has 0 atom stereocenters. The molecular formula is C11H13N3S. The monoisotopic (exact) mass is 219 g/mol. The lowest BCUT2D eigenvalue weighted by molar-refractivity contribution is 1.01. The van der Waals surface area contributed by atoms with Gasteiger partial charge in [-0.25, -0.2) is 9.97 Å². The molecule has 0 saturated carbocycles. The predicted octanol–water partition coefficient (Wildman–Crippen LogP) is 2.66. The standard InChI is InChI=1S/C11H13N3S/c1-3-9-7(2)13-11(14-10(9)12)8-4-5-15-6-8/h4-6H,3H2,1-2H3,(H2,12,13,14). The molecule has 0 aliphatic carbocycles. The van der Waals surface area contributed by atoms with Crippen LogP contribution in [0.1, 0.15) is 18.2 Å². The molecule has 0 fully saturated rings. The molecule has 2 heterocycles. The largest absolute Gasteiger partial charge is 0.383 e. The highest BCUT2D eigenvalue weighted by atomic mass is 32.1. The summed E-state index contributed by atoms with van der Waals surface area (Å²) < 4.78 is 0. The Balaban J connectivity index is 2.53. The highest BCUT2D eigenvalue weighted by molar-refractivity contribution is 7.08. The van der Waals surface area contributed by atoms with Gasteiger partial charge < -0.3 is 5.73 Å². The van der Waals surface area contributed by atoms with Crippen LogP contribution in [0.3, 0.4) is 0 Å². The van der Waals surface area contributed by atoms with Crippen LogP contribution in [0, 0.1) is 6.92 Å². The van der Waals surface area contributed by atoms with Crippen LogP contribution in [0.5, 0.6) is 0 Å². The van der Waals surface area contributed by atoms with Gasteiger partial charge in [0, 0.05) is 22.2 Å².